The second-order valence-electron chi connectivity index (χ2n) is 6.20. The molecule has 0 spiro atoms. The molecule has 2 heterocycles. The molecule has 1 aromatic heterocycles. The Labute approximate surface area is 146 Å². The van der Waals surface area contributed by atoms with Crippen molar-refractivity contribution in [3.8, 4) is 0 Å². The van der Waals surface area contributed by atoms with Crippen molar-refractivity contribution in [1.29, 1.82) is 0 Å². The predicted octanol–water partition coefficient (Wildman–Crippen LogP) is 2.47. The molecule has 0 atom stereocenters. The zero-order valence-corrected chi connectivity index (χ0v) is 14.6. The highest BCUT2D eigenvalue weighted by Gasteiger charge is 2.43. The Bertz CT molecular complexity index is 708. The quantitative estimate of drug-likeness (QED) is 0.921. The summed E-state index contributed by atoms with van der Waals surface area (Å²) in [6, 6.07) is 7.55. The van der Waals surface area contributed by atoms with Gasteiger partial charge in [0.15, 0.2) is 5.82 Å². The molecule has 7 heteroatoms. The van der Waals surface area contributed by atoms with E-state index in [1.165, 1.54) is 0 Å². The third-order valence-electron chi connectivity index (χ3n) is 4.52. The van der Waals surface area contributed by atoms with Gasteiger partial charge in [-0.1, -0.05) is 23.7 Å². The normalized spacial score (nSPS) is 16.8. The second kappa shape index (κ2) is 6.91. The van der Waals surface area contributed by atoms with Crippen molar-refractivity contribution in [1.82, 2.24) is 20.1 Å². The number of ether oxygens (including phenoxy) is 1. The fraction of sp³-hybridized carbons (Fsp3) is 0.471. The summed E-state index contributed by atoms with van der Waals surface area (Å²) in [4.78, 5) is 19.3. The van der Waals surface area contributed by atoms with Crippen LogP contribution in [-0.4, -0.2) is 46.2 Å². The van der Waals surface area contributed by atoms with Crippen LogP contribution in [0.3, 0.4) is 0 Å². The van der Waals surface area contributed by atoms with E-state index in [-0.39, 0.29) is 5.91 Å². The Morgan fingerprint density at radius 3 is 2.58 bits per heavy atom. The summed E-state index contributed by atoms with van der Waals surface area (Å²) in [6.45, 7) is 3.36. The van der Waals surface area contributed by atoms with Crippen molar-refractivity contribution < 1.29 is 9.53 Å². The molecule has 1 amide bonds. The molecule has 1 saturated heterocycles. The summed E-state index contributed by atoms with van der Waals surface area (Å²) < 4.78 is 5.49. The SMILES string of the molecule is Cc1nc(CN(C)C(=O)C2(c3ccc(Cl)cc3)CCOCC2)n[nH]1. The van der Waals surface area contributed by atoms with Crippen molar-refractivity contribution >= 4 is 17.5 Å². The van der Waals surface area contributed by atoms with Gasteiger partial charge in [0.05, 0.1) is 12.0 Å². The van der Waals surface area contributed by atoms with E-state index in [2.05, 4.69) is 15.2 Å². The average molecular weight is 349 g/mol. The minimum absolute atomic E-state index is 0.0653. The lowest BCUT2D eigenvalue weighted by Crippen LogP contribution is -2.48. The predicted molar refractivity (Wildman–Crippen MR) is 90.8 cm³/mol. The summed E-state index contributed by atoms with van der Waals surface area (Å²) in [5.74, 6) is 1.42. The Morgan fingerprint density at radius 1 is 1.33 bits per heavy atom. The lowest BCUT2D eigenvalue weighted by Gasteiger charge is -2.38. The van der Waals surface area contributed by atoms with Crippen LogP contribution in [0.1, 0.15) is 30.1 Å². The molecule has 0 radical (unpaired) electrons. The lowest BCUT2D eigenvalue weighted by atomic mass is 9.73. The first kappa shape index (κ1) is 16.9. The molecule has 1 fully saturated rings. The summed E-state index contributed by atoms with van der Waals surface area (Å²) >= 11 is 6.01. The molecule has 1 N–H and O–H groups in total. The molecule has 0 bridgehead atoms. The van der Waals surface area contributed by atoms with Gasteiger partial charge in [-0.15, -0.1) is 0 Å². The standard InChI is InChI=1S/C17H21ClN4O2/c1-12-19-15(21-20-12)11-22(2)16(23)17(7-9-24-10-8-17)13-3-5-14(18)6-4-13/h3-6H,7-11H2,1-2H3,(H,19,20,21). The van der Waals surface area contributed by atoms with Crippen LogP contribution in [0, 0.1) is 6.92 Å². The molecule has 1 aromatic carbocycles. The Kier molecular flexibility index (Phi) is 4.87. The first-order valence-electron chi connectivity index (χ1n) is 7.98. The minimum atomic E-state index is -0.580. The van der Waals surface area contributed by atoms with Crippen LogP contribution in [-0.2, 0) is 21.5 Å². The zero-order valence-electron chi connectivity index (χ0n) is 13.9. The highest BCUT2D eigenvalue weighted by molar-refractivity contribution is 6.30. The molecule has 0 aliphatic carbocycles. The molecule has 24 heavy (non-hydrogen) atoms. The number of nitrogens with one attached hydrogen (secondary N) is 1. The van der Waals surface area contributed by atoms with Gasteiger partial charge < -0.3 is 9.64 Å². The number of benzene rings is 1. The van der Waals surface area contributed by atoms with Crippen LogP contribution in [0.2, 0.25) is 5.02 Å². The number of aryl methyl sites for hydroxylation is 1. The van der Waals surface area contributed by atoms with Crippen LogP contribution < -0.4 is 0 Å². The van der Waals surface area contributed by atoms with Crippen LogP contribution >= 0.6 is 11.6 Å². The van der Waals surface area contributed by atoms with Gasteiger partial charge in [0, 0.05) is 25.3 Å². The van der Waals surface area contributed by atoms with E-state index >= 15 is 0 Å². The van der Waals surface area contributed by atoms with E-state index < -0.39 is 5.41 Å². The molecule has 1 aliphatic rings. The van der Waals surface area contributed by atoms with Crippen LogP contribution in [0.15, 0.2) is 24.3 Å². The molecular weight excluding hydrogens is 328 g/mol. The largest absolute Gasteiger partial charge is 0.381 e. The third-order valence-corrected chi connectivity index (χ3v) is 4.77. The Balaban J connectivity index is 1.87. The summed E-state index contributed by atoms with van der Waals surface area (Å²) in [5, 5.41) is 7.59. The van der Waals surface area contributed by atoms with Gasteiger partial charge in [0.25, 0.3) is 0 Å². The summed E-state index contributed by atoms with van der Waals surface area (Å²) in [6.07, 6.45) is 1.32. The van der Waals surface area contributed by atoms with Crippen LogP contribution in [0.25, 0.3) is 0 Å². The smallest absolute Gasteiger partial charge is 0.233 e. The van der Waals surface area contributed by atoms with Crippen molar-refractivity contribution in [2.24, 2.45) is 0 Å². The number of amides is 1. The van der Waals surface area contributed by atoms with Crippen molar-refractivity contribution in [3.63, 3.8) is 0 Å². The third kappa shape index (κ3) is 3.30. The number of aromatic nitrogens is 3. The van der Waals surface area contributed by atoms with Gasteiger partial charge in [-0.3, -0.25) is 9.89 Å². The van der Waals surface area contributed by atoms with Crippen molar-refractivity contribution in [2.45, 2.75) is 31.7 Å². The highest BCUT2D eigenvalue weighted by atomic mass is 35.5. The van der Waals surface area contributed by atoms with Crippen molar-refractivity contribution in [2.75, 3.05) is 20.3 Å². The van der Waals surface area contributed by atoms with E-state index in [1.807, 2.05) is 31.2 Å². The maximum absolute atomic E-state index is 13.3. The number of hydrogen-bond acceptors (Lipinski definition) is 4. The maximum atomic E-state index is 13.3. The number of hydrogen-bond donors (Lipinski definition) is 1. The number of H-pyrrole nitrogens is 1. The molecule has 128 valence electrons. The minimum Gasteiger partial charge on any atom is -0.381 e. The van der Waals surface area contributed by atoms with E-state index in [0.29, 0.717) is 43.4 Å². The summed E-state index contributed by atoms with van der Waals surface area (Å²) in [5.41, 5.74) is 0.404. The van der Waals surface area contributed by atoms with Gasteiger partial charge in [0.2, 0.25) is 5.91 Å². The van der Waals surface area contributed by atoms with Crippen LogP contribution in [0.5, 0.6) is 0 Å². The molecule has 1 aliphatic heterocycles. The first-order chi connectivity index (χ1) is 11.5. The highest BCUT2D eigenvalue weighted by Crippen LogP contribution is 2.37. The summed E-state index contributed by atoms with van der Waals surface area (Å²) in [7, 11) is 1.79. The Morgan fingerprint density at radius 2 is 2.00 bits per heavy atom. The topological polar surface area (TPSA) is 71.1 Å². The number of rotatable bonds is 4. The first-order valence-corrected chi connectivity index (χ1v) is 8.36. The molecule has 0 saturated carbocycles. The number of carbonyl (C=O) groups excluding carboxylic acids is 1. The molecule has 2 aromatic rings. The molecule has 6 nitrogen and oxygen atoms in total. The second-order valence-corrected chi connectivity index (χ2v) is 6.64. The van der Waals surface area contributed by atoms with E-state index in [1.54, 1.807) is 11.9 Å². The number of halogens is 1. The van der Waals surface area contributed by atoms with E-state index in [0.717, 1.165) is 11.4 Å². The monoisotopic (exact) mass is 348 g/mol. The average Bonchev–Trinajstić information content (AvgIpc) is 3.00. The van der Waals surface area contributed by atoms with Crippen molar-refractivity contribution in [3.05, 3.63) is 46.5 Å². The number of likely N-dealkylation sites (N-methyl/N-ethyl adjacent to an activating group) is 1. The van der Waals surface area contributed by atoms with E-state index in [4.69, 9.17) is 16.3 Å². The number of carbonyl (C=O) groups is 1. The van der Waals surface area contributed by atoms with Gasteiger partial charge in [-0.05, 0) is 37.5 Å². The molecular formula is C17H21ClN4O2. The zero-order chi connectivity index (χ0) is 17.2. The van der Waals surface area contributed by atoms with Gasteiger partial charge >= 0.3 is 0 Å². The molecule has 3 rings (SSSR count). The van der Waals surface area contributed by atoms with Gasteiger partial charge in [0.1, 0.15) is 5.82 Å². The molecule has 0 unspecified atom stereocenters. The fourth-order valence-electron chi connectivity index (χ4n) is 3.22. The lowest BCUT2D eigenvalue weighted by molar-refractivity contribution is -0.140. The Hall–Kier alpha value is -1.92. The van der Waals surface area contributed by atoms with Gasteiger partial charge in [-0.25, -0.2) is 4.98 Å². The number of aromatic amines is 1. The van der Waals surface area contributed by atoms with Gasteiger partial charge in [-0.2, -0.15) is 5.10 Å². The maximum Gasteiger partial charge on any atom is 0.233 e. The van der Waals surface area contributed by atoms with E-state index in [9.17, 15) is 4.79 Å². The fourth-order valence-corrected chi connectivity index (χ4v) is 3.35. The number of nitrogens with zero attached hydrogens (tertiary/aromatic N) is 3. The van der Waals surface area contributed by atoms with Crippen LogP contribution in [0.4, 0.5) is 0 Å².